The number of para-hydroxylation sites is 1. The monoisotopic (exact) mass is 251 g/mol. The summed E-state index contributed by atoms with van der Waals surface area (Å²) in [6.07, 6.45) is 0. The van der Waals surface area contributed by atoms with Crippen LogP contribution in [-0.2, 0) is 9.59 Å². The fraction of sp³-hybridized carbons (Fsp3) is 0.125. The highest BCUT2D eigenvalue weighted by molar-refractivity contribution is 6.51. The fourth-order valence-corrected chi connectivity index (χ4v) is 2.31. The molecular formula is C16H13NO2. The average molecular weight is 251 g/mol. The van der Waals surface area contributed by atoms with Crippen LogP contribution in [0.3, 0.4) is 0 Å². The molecule has 0 bridgehead atoms. The quantitative estimate of drug-likeness (QED) is 0.608. The lowest BCUT2D eigenvalue weighted by molar-refractivity contribution is -0.143. The minimum absolute atomic E-state index is 0.340. The number of hydrogen-bond donors (Lipinski definition) is 0. The highest BCUT2D eigenvalue weighted by Gasteiger charge is 2.47. The molecule has 0 aromatic heterocycles. The van der Waals surface area contributed by atoms with Gasteiger partial charge in [-0.2, -0.15) is 0 Å². The molecule has 2 aromatic rings. The van der Waals surface area contributed by atoms with Crippen LogP contribution in [0.15, 0.2) is 54.6 Å². The molecule has 1 aliphatic rings. The van der Waals surface area contributed by atoms with E-state index >= 15 is 0 Å². The normalized spacial score (nSPS) is 18.4. The Morgan fingerprint density at radius 3 is 2.16 bits per heavy atom. The lowest BCUT2D eigenvalue weighted by atomic mass is 9.91. The van der Waals surface area contributed by atoms with Crippen molar-refractivity contribution in [3.8, 4) is 0 Å². The number of nitrogens with zero attached hydrogens (tertiary/aromatic N) is 1. The number of carbonyl (C=O) groups is 2. The SMILES string of the molecule is Cc1ccc(C2C(=O)C(=O)N2c2ccccc2)cc1. The lowest BCUT2D eigenvalue weighted by Crippen LogP contribution is -2.56. The summed E-state index contributed by atoms with van der Waals surface area (Å²) >= 11 is 0. The van der Waals surface area contributed by atoms with Crippen LogP contribution in [0.1, 0.15) is 17.2 Å². The van der Waals surface area contributed by atoms with E-state index in [1.165, 1.54) is 0 Å². The lowest BCUT2D eigenvalue weighted by Gasteiger charge is -2.38. The molecule has 1 saturated heterocycles. The van der Waals surface area contributed by atoms with Crippen LogP contribution in [0.5, 0.6) is 0 Å². The van der Waals surface area contributed by atoms with Gasteiger partial charge in [0.1, 0.15) is 6.04 Å². The molecule has 1 amide bonds. The summed E-state index contributed by atoms with van der Waals surface area (Å²) in [5, 5.41) is 0. The summed E-state index contributed by atoms with van der Waals surface area (Å²) in [6, 6.07) is 16.5. The second-order valence-electron chi connectivity index (χ2n) is 4.69. The molecule has 3 rings (SSSR count). The number of aryl methyl sites for hydroxylation is 1. The first kappa shape index (κ1) is 11.7. The molecule has 1 unspecified atom stereocenters. The van der Waals surface area contributed by atoms with Crippen molar-refractivity contribution >= 4 is 17.4 Å². The molecular weight excluding hydrogens is 238 g/mol. The number of ketones is 1. The van der Waals surface area contributed by atoms with E-state index < -0.39 is 11.9 Å². The summed E-state index contributed by atoms with van der Waals surface area (Å²) in [5.41, 5.74) is 2.75. The molecule has 2 aromatic carbocycles. The zero-order valence-corrected chi connectivity index (χ0v) is 10.5. The molecule has 1 atom stereocenters. The van der Waals surface area contributed by atoms with E-state index in [9.17, 15) is 9.59 Å². The number of Topliss-reactive ketones (excluding diaryl/α,β-unsaturated/α-hetero) is 1. The van der Waals surface area contributed by atoms with Gasteiger partial charge in [0.15, 0.2) is 0 Å². The average Bonchev–Trinajstić information content (AvgIpc) is 2.46. The van der Waals surface area contributed by atoms with E-state index in [2.05, 4.69) is 0 Å². The molecule has 1 heterocycles. The number of β-lactam (4-membered cyclic amide) rings is 1. The first-order valence-corrected chi connectivity index (χ1v) is 6.17. The molecule has 0 radical (unpaired) electrons. The summed E-state index contributed by atoms with van der Waals surface area (Å²) in [4.78, 5) is 25.2. The summed E-state index contributed by atoms with van der Waals surface area (Å²) < 4.78 is 0. The standard InChI is InChI=1S/C16H13NO2/c1-11-7-9-12(10-8-11)14-15(18)16(19)17(14)13-5-3-2-4-6-13/h2-10,14H,1H3. The number of amides is 1. The van der Waals surface area contributed by atoms with Crippen LogP contribution >= 0.6 is 0 Å². The smallest absolute Gasteiger partial charge is 0.291 e. The molecule has 1 fully saturated rings. The van der Waals surface area contributed by atoms with Crippen molar-refractivity contribution in [3.63, 3.8) is 0 Å². The number of benzene rings is 2. The summed E-state index contributed by atoms with van der Waals surface area (Å²) in [5.74, 6) is -0.774. The van der Waals surface area contributed by atoms with Crippen LogP contribution in [0.2, 0.25) is 0 Å². The number of anilines is 1. The third kappa shape index (κ3) is 1.83. The van der Waals surface area contributed by atoms with E-state index in [0.717, 1.165) is 16.8 Å². The molecule has 3 heteroatoms. The van der Waals surface area contributed by atoms with Gasteiger partial charge >= 0.3 is 0 Å². The fourth-order valence-electron chi connectivity index (χ4n) is 2.31. The van der Waals surface area contributed by atoms with Crippen LogP contribution in [-0.4, -0.2) is 11.7 Å². The zero-order valence-electron chi connectivity index (χ0n) is 10.5. The number of hydrogen-bond acceptors (Lipinski definition) is 2. The third-order valence-corrected chi connectivity index (χ3v) is 3.36. The maximum atomic E-state index is 11.8. The van der Waals surface area contributed by atoms with E-state index in [1.807, 2.05) is 61.5 Å². The molecule has 19 heavy (non-hydrogen) atoms. The van der Waals surface area contributed by atoms with Gasteiger partial charge in [-0.15, -0.1) is 0 Å². The minimum Gasteiger partial charge on any atom is -0.291 e. The Kier molecular flexibility index (Phi) is 2.67. The Hall–Kier alpha value is -2.42. The highest BCUT2D eigenvalue weighted by Crippen LogP contribution is 2.35. The van der Waals surface area contributed by atoms with E-state index in [-0.39, 0.29) is 5.78 Å². The highest BCUT2D eigenvalue weighted by atomic mass is 16.2. The first-order chi connectivity index (χ1) is 9.18. The minimum atomic E-state index is -0.476. The molecule has 3 nitrogen and oxygen atoms in total. The van der Waals surface area contributed by atoms with Crippen LogP contribution in [0.25, 0.3) is 0 Å². The Bertz CT molecular complexity index is 632. The molecule has 0 N–H and O–H groups in total. The maximum absolute atomic E-state index is 11.8. The van der Waals surface area contributed by atoms with Crippen molar-refractivity contribution in [3.05, 3.63) is 65.7 Å². The Labute approximate surface area is 111 Å². The van der Waals surface area contributed by atoms with Crippen molar-refractivity contribution in [1.29, 1.82) is 0 Å². The van der Waals surface area contributed by atoms with Gasteiger partial charge in [0, 0.05) is 5.69 Å². The summed E-state index contributed by atoms with van der Waals surface area (Å²) in [6.45, 7) is 1.99. The van der Waals surface area contributed by atoms with Gasteiger partial charge in [-0.05, 0) is 24.6 Å². The van der Waals surface area contributed by atoms with Crippen molar-refractivity contribution in [2.45, 2.75) is 13.0 Å². The van der Waals surface area contributed by atoms with Gasteiger partial charge in [0.05, 0.1) is 0 Å². The van der Waals surface area contributed by atoms with E-state index in [0.29, 0.717) is 0 Å². The van der Waals surface area contributed by atoms with Gasteiger partial charge < -0.3 is 0 Å². The van der Waals surface area contributed by atoms with Crippen LogP contribution in [0, 0.1) is 6.92 Å². The number of carbonyl (C=O) groups excluding carboxylic acids is 2. The van der Waals surface area contributed by atoms with Gasteiger partial charge in [0.2, 0.25) is 5.78 Å². The topological polar surface area (TPSA) is 37.4 Å². The van der Waals surface area contributed by atoms with Gasteiger partial charge in [-0.25, -0.2) is 0 Å². The van der Waals surface area contributed by atoms with Crippen LogP contribution < -0.4 is 4.90 Å². The van der Waals surface area contributed by atoms with E-state index in [4.69, 9.17) is 0 Å². The largest absolute Gasteiger partial charge is 0.297 e. The maximum Gasteiger partial charge on any atom is 0.297 e. The molecule has 0 aliphatic carbocycles. The third-order valence-electron chi connectivity index (χ3n) is 3.36. The Morgan fingerprint density at radius 2 is 1.53 bits per heavy atom. The van der Waals surface area contributed by atoms with Crippen molar-refractivity contribution in [2.24, 2.45) is 0 Å². The second-order valence-corrected chi connectivity index (χ2v) is 4.69. The first-order valence-electron chi connectivity index (χ1n) is 6.17. The van der Waals surface area contributed by atoms with Crippen LogP contribution in [0.4, 0.5) is 5.69 Å². The van der Waals surface area contributed by atoms with E-state index in [1.54, 1.807) is 4.90 Å². The molecule has 0 spiro atoms. The zero-order chi connectivity index (χ0) is 13.4. The predicted molar refractivity (Wildman–Crippen MR) is 72.9 cm³/mol. The predicted octanol–water partition coefficient (Wildman–Crippen LogP) is 2.65. The summed E-state index contributed by atoms with van der Waals surface area (Å²) in [7, 11) is 0. The van der Waals surface area contributed by atoms with Crippen molar-refractivity contribution in [2.75, 3.05) is 4.90 Å². The van der Waals surface area contributed by atoms with Gasteiger partial charge in [-0.3, -0.25) is 14.5 Å². The van der Waals surface area contributed by atoms with Crippen molar-refractivity contribution < 1.29 is 9.59 Å². The Morgan fingerprint density at radius 1 is 0.895 bits per heavy atom. The Balaban J connectivity index is 1.98. The molecule has 94 valence electrons. The van der Waals surface area contributed by atoms with Crippen molar-refractivity contribution in [1.82, 2.24) is 0 Å². The second kappa shape index (κ2) is 4.35. The number of rotatable bonds is 2. The molecule has 0 saturated carbocycles. The van der Waals surface area contributed by atoms with Gasteiger partial charge in [0.25, 0.3) is 5.91 Å². The molecule has 1 aliphatic heterocycles. The van der Waals surface area contributed by atoms with Gasteiger partial charge in [-0.1, -0.05) is 48.0 Å².